The molecule has 0 radical (unpaired) electrons. The Balaban J connectivity index is 2.43. The molecular weight excluding hydrogens is 217 g/mol. The minimum absolute atomic E-state index is 0.159. The van der Waals surface area contributed by atoms with Crippen molar-refractivity contribution < 1.29 is 4.39 Å². The van der Waals surface area contributed by atoms with Crippen LogP contribution in [0, 0.1) is 5.82 Å². The molecule has 0 spiro atoms. The number of aryl methyl sites for hydroxylation is 1. The van der Waals surface area contributed by atoms with Gasteiger partial charge in [-0.25, -0.2) is 9.37 Å². The molecule has 1 unspecified atom stereocenters. The first-order valence-electron chi connectivity index (χ1n) is 5.68. The molecule has 0 saturated carbocycles. The summed E-state index contributed by atoms with van der Waals surface area (Å²) in [6.45, 7) is 2.77. The fourth-order valence-corrected chi connectivity index (χ4v) is 1.93. The van der Waals surface area contributed by atoms with Gasteiger partial charge in [0.05, 0.1) is 24.3 Å². The largest absolute Gasteiger partial charge is 0.336 e. The summed E-state index contributed by atoms with van der Waals surface area (Å²) in [5.74, 6) is -0.195. The highest BCUT2D eigenvalue weighted by Crippen LogP contribution is 2.23. The van der Waals surface area contributed by atoms with Gasteiger partial charge < -0.3 is 9.88 Å². The molecule has 17 heavy (non-hydrogen) atoms. The Morgan fingerprint density at radius 3 is 2.76 bits per heavy atom. The van der Waals surface area contributed by atoms with E-state index in [0.717, 1.165) is 12.2 Å². The van der Waals surface area contributed by atoms with Crippen LogP contribution < -0.4 is 5.32 Å². The van der Waals surface area contributed by atoms with E-state index in [4.69, 9.17) is 0 Å². The summed E-state index contributed by atoms with van der Waals surface area (Å²) < 4.78 is 15.7. The normalized spacial score (nSPS) is 12.6. The standard InChI is InChI=1S/C13H16FN3/c1-3-16-13(12-8-15-9-17(12)2)10-6-4-5-7-11(10)14/h4-9,13,16H,3H2,1-2H3. The molecule has 2 rings (SSSR count). The van der Waals surface area contributed by atoms with Gasteiger partial charge in [0, 0.05) is 12.6 Å². The third-order valence-corrected chi connectivity index (χ3v) is 2.77. The quantitative estimate of drug-likeness (QED) is 0.877. The molecule has 0 amide bonds. The Kier molecular flexibility index (Phi) is 3.54. The number of nitrogens with zero attached hydrogens (tertiary/aromatic N) is 2. The van der Waals surface area contributed by atoms with Crippen molar-refractivity contribution in [3.63, 3.8) is 0 Å². The highest BCUT2D eigenvalue weighted by Gasteiger charge is 2.18. The Hall–Kier alpha value is -1.68. The number of rotatable bonds is 4. The minimum atomic E-state index is -0.195. The SMILES string of the molecule is CCNC(c1ccccc1F)c1cncn1C. The van der Waals surface area contributed by atoms with E-state index in [9.17, 15) is 4.39 Å². The van der Waals surface area contributed by atoms with Crippen LogP contribution in [-0.4, -0.2) is 16.1 Å². The summed E-state index contributed by atoms with van der Waals surface area (Å²) in [7, 11) is 1.91. The van der Waals surface area contributed by atoms with E-state index in [0.29, 0.717) is 5.56 Å². The third kappa shape index (κ3) is 2.36. The second kappa shape index (κ2) is 5.10. The van der Waals surface area contributed by atoms with Crippen LogP contribution in [0.4, 0.5) is 4.39 Å². The molecule has 1 atom stereocenters. The summed E-state index contributed by atoms with van der Waals surface area (Å²) in [6, 6.07) is 6.67. The lowest BCUT2D eigenvalue weighted by Crippen LogP contribution is -2.24. The van der Waals surface area contributed by atoms with Gasteiger partial charge in [-0.2, -0.15) is 0 Å². The Morgan fingerprint density at radius 2 is 2.18 bits per heavy atom. The van der Waals surface area contributed by atoms with Crippen LogP contribution in [0.3, 0.4) is 0 Å². The maximum Gasteiger partial charge on any atom is 0.128 e. The molecule has 0 saturated heterocycles. The number of hydrogen-bond donors (Lipinski definition) is 1. The Morgan fingerprint density at radius 1 is 1.41 bits per heavy atom. The first-order chi connectivity index (χ1) is 8.24. The first kappa shape index (κ1) is 11.8. The summed E-state index contributed by atoms with van der Waals surface area (Å²) in [5, 5.41) is 3.28. The van der Waals surface area contributed by atoms with Gasteiger partial charge in [0.25, 0.3) is 0 Å². The lowest BCUT2D eigenvalue weighted by atomic mass is 10.0. The average molecular weight is 233 g/mol. The molecule has 1 aromatic heterocycles. The zero-order valence-corrected chi connectivity index (χ0v) is 10.0. The molecule has 0 fully saturated rings. The van der Waals surface area contributed by atoms with Gasteiger partial charge in [-0.05, 0) is 12.6 Å². The number of hydrogen-bond acceptors (Lipinski definition) is 2. The molecule has 1 heterocycles. The van der Waals surface area contributed by atoms with Crippen LogP contribution in [0.1, 0.15) is 24.2 Å². The van der Waals surface area contributed by atoms with Crippen LogP contribution >= 0.6 is 0 Å². The fourth-order valence-electron chi connectivity index (χ4n) is 1.93. The maximum atomic E-state index is 13.8. The zero-order valence-electron chi connectivity index (χ0n) is 10.0. The summed E-state index contributed by atoms with van der Waals surface area (Å²) in [4.78, 5) is 4.08. The molecule has 1 aromatic carbocycles. The van der Waals surface area contributed by atoms with E-state index in [-0.39, 0.29) is 11.9 Å². The van der Waals surface area contributed by atoms with Crippen molar-refractivity contribution in [3.8, 4) is 0 Å². The van der Waals surface area contributed by atoms with Gasteiger partial charge in [-0.1, -0.05) is 25.1 Å². The smallest absolute Gasteiger partial charge is 0.128 e. The monoisotopic (exact) mass is 233 g/mol. The lowest BCUT2D eigenvalue weighted by molar-refractivity contribution is 0.542. The van der Waals surface area contributed by atoms with Gasteiger partial charge in [-0.3, -0.25) is 0 Å². The van der Waals surface area contributed by atoms with E-state index >= 15 is 0 Å². The molecule has 2 aromatic rings. The Labute approximate surface area is 100 Å². The second-order valence-corrected chi connectivity index (χ2v) is 3.94. The Bertz CT molecular complexity index is 493. The zero-order chi connectivity index (χ0) is 12.3. The van der Waals surface area contributed by atoms with E-state index in [1.807, 2.05) is 24.6 Å². The highest BCUT2D eigenvalue weighted by molar-refractivity contribution is 5.28. The molecule has 0 aliphatic heterocycles. The molecule has 4 heteroatoms. The van der Waals surface area contributed by atoms with Crippen molar-refractivity contribution in [2.75, 3.05) is 6.54 Å². The molecule has 3 nitrogen and oxygen atoms in total. The van der Waals surface area contributed by atoms with Gasteiger partial charge in [-0.15, -0.1) is 0 Å². The summed E-state index contributed by atoms with van der Waals surface area (Å²) in [5.41, 5.74) is 1.61. The first-order valence-corrected chi connectivity index (χ1v) is 5.68. The fraction of sp³-hybridized carbons (Fsp3) is 0.308. The number of aromatic nitrogens is 2. The highest BCUT2D eigenvalue weighted by atomic mass is 19.1. The van der Waals surface area contributed by atoms with Gasteiger partial charge in [0.15, 0.2) is 0 Å². The van der Waals surface area contributed by atoms with Crippen molar-refractivity contribution in [3.05, 3.63) is 53.9 Å². The lowest BCUT2D eigenvalue weighted by Gasteiger charge is -2.19. The van der Waals surface area contributed by atoms with Crippen LogP contribution in [0.15, 0.2) is 36.8 Å². The van der Waals surface area contributed by atoms with Crippen molar-refractivity contribution in [2.24, 2.45) is 7.05 Å². The summed E-state index contributed by atoms with van der Waals surface area (Å²) >= 11 is 0. The van der Waals surface area contributed by atoms with Crippen molar-refractivity contribution in [2.45, 2.75) is 13.0 Å². The maximum absolute atomic E-state index is 13.8. The number of halogens is 1. The van der Waals surface area contributed by atoms with E-state index < -0.39 is 0 Å². The molecule has 0 aliphatic rings. The summed E-state index contributed by atoms with van der Waals surface area (Å²) in [6.07, 6.45) is 3.49. The van der Waals surface area contributed by atoms with Crippen LogP contribution in [-0.2, 0) is 7.05 Å². The number of benzene rings is 1. The van der Waals surface area contributed by atoms with Crippen LogP contribution in [0.25, 0.3) is 0 Å². The predicted octanol–water partition coefficient (Wildman–Crippen LogP) is 2.26. The molecule has 1 N–H and O–H groups in total. The van der Waals surface area contributed by atoms with Gasteiger partial charge >= 0.3 is 0 Å². The van der Waals surface area contributed by atoms with E-state index in [2.05, 4.69) is 10.3 Å². The molecule has 0 aliphatic carbocycles. The minimum Gasteiger partial charge on any atom is -0.336 e. The average Bonchev–Trinajstić information content (AvgIpc) is 2.74. The predicted molar refractivity (Wildman–Crippen MR) is 65.1 cm³/mol. The molecule has 90 valence electrons. The second-order valence-electron chi connectivity index (χ2n) is 3.94. The topological polar surface area (TPSA) is 29.9 Å². The number of nitrogens with one attached hydrogen (secondary N) is 1. The van der Waals surface area contributed by atoms with E-state index in [1.54, 1.807) is 24.7 Å². The van der Waals surface area contributed by atoms with Crippen molar-refractivity contribution >= 4 is 0 Å². The third-order valence-electron chi connectivity index (χ3n) is 2.77. The van der Waals surface area contributed by atoms with Gasteiger partial charge in [0.1, 0.15) is 5.82 Å². The van der Waals surface area contributed by atoms with Crippen LogP contribution in [0.2, 0.25) is 0 Å². The molecular formula is C13H16FN3. The van der Waals surface area contributed by atoms with Crippen LogP contribution in [0.5, 0.6) is 0 Å². The van der Waals surface area contributed by atoms with Gasteiger partial charge in [0.2, 0.25) is 0 Å². The number of imidazole rings is 1. The molecule has 0 bridgehead atoms. The van der Waals surface area contributed by atoms with E-state index in [1.165, 1.54) is 6.07 Å². The van der Waals surface area contributed by atoms with Crippen molar-refractivity contribution in [1.82, 2.24) is 14.9 Å². The van der Waals surface area contributed by atoms with Crippen molar-refractivity contribution in [1.29, 1.82) is 0 Å².